The summed E-state index contributed by atoms with van der Waals surface area (Å²) in [5.41, 5.74) is 4.49. The number of hydrogen-bond acceptors (Lipinski definition) is 6. The van der Waals surface area contributed by atoms with Gasteiger partial charge >= 0.3 is 0 Å². The van der Waals surface area contributed by atoms with Gasteiger partial charge in [-0.2, -0.15) is 5.10 Å². The number of anilines is 1. The topological polar surface area (TPSA) is 110 Å². The van der Waals surface area contributed by atoms with Gasteiger partial charge in [-0.05, 0) is 35.4 Å². The molecule has 0 aliphatic rings. The molecule has 0 saturated heterocycles. The van der Waals surface area contributed by atoms with E-state index in [2.05, 4.69) is 15.3 Å². The van der Waals surface area contributed by atoms with Gasteiger partial charge < -0.3 is 15.0 Å². The second kappa shape index (κ2) is 11.0. The molecule has 0 atom stereocenters. The van der Waals surface area contributed by atoms with Gasteiger partial charge in [-0.1, -0.05) is 48.5 Å². The predicted octanol–water partition coefficient (Wildman–Crippen LogP) is 4.22. The fraction of sp³-hybridized carbons (Fsp3) is 0.172. The molecule has 0 saturated carbocycles. The molecule has 2 amide bonds. The average molecular weight is 507 g/mol. The number of fused-ring (bicyclic) bond motifs is 2. The summed E-state index contributed by atoms with van der Waals surface area (Å²) in [6, 6.07) is 23.1. The summed E-state index contributed by atoms with van der Waals surface area (Å²) in [5, 5.41) is 8.41. The third-order valence-corrected chi connectivity index (χ3v) is 6.25. The molecular weight excluding hydrogens is 480 g/mol. The highest BCUT2D eigenvalue weighted by molar-refractivity contribution is 6.07. The molecule has 0 fully saturated rings. The third kappa shape index (κ3) is 5.41. The summed E-state index contributed by atoms with van der Waals surface area (Å²) in [4.78, 5) is 46.0. The van der Waals surface area contributed by atoms with Crippen LogP contribution in [0.15, 0.2) is 79.0 Å². The van der Waals surface area contributed by atoms with Crippen LogP contribution in [0.25, 0.3) is 21.9 Å². The Bertz CT molecular complexity index is 1630. The Hall–Kier alpha value is -4.92. The van der Waals surface area contributed by atoms with Gasteiger partial charge in [0.25, 0.3) is 5.91 Å². The lowest BCUT2D eigenvalue weighted by molar-refractivity contribution is -0.131. The first-order chi connectivity index (χ1) is 18.5. The Morgan fingerprint density at radius 2 is 1.66 bits per heavy atom. The molecule has 0 aliphatic carbocycles. The van der Waals surface area contributed by atoms with Crippen molar-refractivity contribution in [2.75, 3.05) is 12.4 Å². The Balaban J connectivity index is 1.32. The summed E-state index contributed by atoms with van der Waals surface area (Å²) < 4.78 is 1.85. The lowest BCUT2D eigenvalue weighted by atomic mass is 10.1. The maximum absolute atomic E-state index is 13.0. The lowest BCUT2D eigenvalue weighted by Gasteiger charge is -2.17. The van der Waals surface area contributed by atoms with Crippen molar-refractivity contribution in [3.8, 4) is 0 Å². The second-order valence-corrected chi connectivity index (χ2v) is 8.99. The molecule has 9 heteroatoms. The van der Waals surface area contributed by atoms with E-state index in [1.54, 1.807) is 11.9 Å². The number of hydrogen-bond donors (Lipinski definition) is 1. The molecular formula is C29H26N6O3. The van der Waals surface area contributed by atoms with Crippen LogP contribution in [0.5, 0.6) is 0 Å². The van der Waals surface area contributed by atoms with Crippen molar-refractivity contribution in [1.29, 1.82) is 0 Å². The average Bonchev–Trinajstić information content (AvgIpc) is 3.29. The maximum atomic E-state index is 13.0. The molecule has 0 radical (unpaired) electrons. The van der Waals surface area contributed by atoms with E-state index in [0.717, 1.165) is 33.8 Å². The van der Waals surface area contributed by atoms with Crippen LogP contribution < -0.4 is 5.32 Å². The Labute approximate surface area is 219 Å². The highest BCUT2D eigenvalue weighted by Crippen LogP contribution is 2.24. The first-order valence-corrected chi connectivity index (χ1v) is 12.3. The van der Waals surface area contributed by atoms with E-state index in [4.69, 9.17) is 5.10 Å². The smallest absolute Gasteiger partial charge is 0.277 e. The number of benzene rings is 3. The van der Waals surface area contributed by atoms with E-state index in [1.165, 1.54) is 6.20 Å². The number of para-hydroxylation sites is 3. The van der Waals surface area contributed by atoms with Gasteiger partial charge in [0.15, 0.2) is 5.82 Å². The monoisotopic (exact) mass is 506 g/mol. The molecule has 5 rings (SSSR count). The van der Waals surface area contributed by atoms with Crippen molar-refractivity contribution < 1.29 is 14.4 Å². The number of rotatable bonds is 9. The van der Waals surface area contributed by atoms with Crippen molar-refractivity contribution in [2.24, 2.45) is 0 Å². The second-order valence-electron chi connectivity index (χ2n) is 8.99. The normalized spacial score (nSPS) is 11.0. The minimum Gasteiger partial charge on any atom is -0.341 e. The van der Waals surface area contributed by atoms with Crippen LogP contribution in [0.1, 0.15) is 34.5 Å². The van der Waals surface area contributed by atoms with Gasteiger partial charge in [-0.15, -0.1) is 0 Å². The van der Waals surface area contributed by atoms with Gasteiger partial charge in [0.05, 0.1) is 29.3 Å². The standard InChI is InChI=1S/C29H26N6O3/c1-34(27(37)11-6-16-36)18-20-12-14-21(15-13-20)19-35-26-10-5-2-7-22(26)28(33-35)32-29(38)25-17-30-23-8-3-4-9-24(23)31-25/h2-5,7-10,12-17H,6,11,18-19H2,1H3,(H,32,33,38). The van der Waals surface area contributed by atoms with Crippen molar-refractivity contribution in [3.05, 3.63) is 95.8 Å². The zero-order chi connectivity index (χ0) is 26.5. The van der Waals surface area contributed by atoms with E-state index < -0.39 is 0 Å². The zero-order valence-corrected chi connectivity index (χ0v) is 20.9. The van der Waals surface area contributed by atoms with Crippen molar-refractivity contribution in [2.45, 2.75) is 25.9 Å². The van der Waals surface area contributed by atoms with Gasteiger partial charge in [-0.3, -0.25) is 19.3 Å². The fourth-order valence-corrected chi connectivity index (χ4v) is 4.24. The molecule has 38 heavy (non-hydrogen) atoms. The molecule has 9 nitrogen and oxygen atoms in total. The molecule has 0 unspecified atom stereocenters. The molecule has 0 aliphatic heterocycles. The maximum Gasteiger partial charge on any atom is 0.277 e. The summed E-state index contributed by atoms with van der Waals surface area (Å²) in [6.07, 6.45) is 2.67. The van der Waals surface area contributed by atoms with Gasteiger partial charge in [0.1, 0.15) is 12.0 Å². The predicted molar refractivity (Wildman–Crippen MR) is 145 cm³/mol. The SMILES string of the molecule is CN(Cc1ccc(Cn2nc(NC(=O)c3cnc4ccccc4n3)c3ccccc32)cc1)C(=O)CCC=O. The number of carbonyl (C=O) groups excluding carboxylic acids is 3. The highest BCUT2D eigenvalue weighted by Gasteiger charge is 2.16. The van der Waals surface area contributed by atoms with Gasteiger partial charge in [0, 0.05) is 31.8 Å². The van der Waals surface area contributed by atoms with Crippen LogP contribution in [-0.4, -0.2) is 49.8 Å². The first kappa shape index (κ1) is 24.8. The molecule has 190 valence electrons. The van der Waals surface area contributed by atoms with Crippen molar-refractivity contribution in [1.82, 2.24) is 24.6 Å². The van der Waals surface area contributed by atoms with Crippen LogP contribution >= 0.6 is 0 Å². The summed E-state index contributed by atoms with van der Waals surface area (Å²) in [6.45, 7) is 0.969. The van der Waals surface area contributed by atoms with E-state index in [9.17, 15) is 14.4 Å². The summed E-state index contributed by atoms with van der Waals surface area (Å²) in [7, 11) is 1.73. The molecule has 0 bridgehead atoms. The molecule has 2 aromatic heterocycles. The molecule has 3 aromatic carbocycles. The van der Waals surface area contributed by atoms with Crippen LogP contribution in [0.4, 0.5) is 5.82 Å². The van der Waals surface area contributed by atoms with Crippen molar-refractivity contribution in [3.63, 3.8) is 0 Å². The molecule has 2 heterocycles. The van der Waals surface area contributed by atoms with E-state index in [1.807, 2.05) is 77.5 Å². The largest absolute Gasteiger partial charge is 0.341 e. The number of carbonyl (C=O) groups is 3. The lowest BCUT2D eigenvalue weighted by Crippen LogP contribution is -2.25. The summed E-state index contributed by atoms with van der Waals surface area (Å²) >= 11 is 0. The number of nitrogens with zero attached hydrogens (tertiary/aromatic N) is 5. The van der Waals surface area contributed by atoms with E-state index >= 15 is 0 Å². The van der Waals surface area contributed by atoms with Crippen LogP contribution in [0.3, 0.4) is 0 Å². The minimum absolute atomic E-state index is 0.0616. The highest BCUT2D eigenvalue weighted by atomic mass is 16.2. The Kier molecular flexibility index (Phi) is 7.17. The zero-order valence-electron chi connectivity index (χ0n) is 20.9. The number of amides is 2. The van der Waals surface area contributed by atoms with Crippen LogP contribution in [0, 0.1) is 0 Å². The number of nitrogens with one attached hydrogen (secondary N) is 1. The molecule has 5 aromatic rings. The van der Waals surface area contributed by atoms with Gasteiger partial charge in [-0.25, -0.2) is 4.98 Å². The quantitative estimate of drug-likeness (QED) is 0.300. The number of aldehydes is 1. The third-order valence-electron chi connectivity index (χ3n) is 6.25. The summed E-state index contributed by atoms with van der Waals surface area (Å²) in [5.74, 6) is 0.0101. The molecule has 1 N–H and O–H groups in total. The van der Waals surface area contributed by atoms with Crippen LogP contribution in [0.2, 0.25) is 0 Å². The number of aromatic nitrogens is 4. The fourth-order valence-electron chi connectivity index (χ4n) is 4.24. The molecule has 0 spiro atoms. The van der Waals surface area contributed by atoms with E-state index in [-0.39, 0.29) is 30.3 Å². The first-order valence-electron chi connectivity index (χ1n) is 12.3. The minimum atomic E-state index is -0.380. The van der Waals surface area contributed by atoms with E-state index in [0.29, 0.717) is 24.4 Å². The van der Waals surface area contributed by atoms with Crippen molar-refractivity contribution >= 4 is 45.9 Å². The Morgan fingerprint density at radius 3 is 2.45 bits per heavy atom. The van der Waals surface area contributed by atoms with Gasteiger partial charge in [0.2, 0.25) is 5.91 Å². The van der Waals surface area contributed by atoms with Crippen LogP contribution in [-0.2, 0) is 22.7 Å². The Morgan fingerprint density at radius 1 is 0.947 bits per heavy atom.